The molecule has 0 fully saturated rings. The molecule has 0 amide bonds. The Bertz CT molecular complexity index is 458. The van der Waals surface area contributed by atoms with Gasteiger partial charge in [0.05, 0.1) is 5.69 Å². The molecule has 0 unspecified atom stereocenters. The molecule has 0 aromatic carbocycles. The lowest BCUT2D eigenvalue weighted by Gasteiger charge is -1.96. The maximum Gasteiger partial charge on any atom is 0.160 e. The van der Waals surface area contributed by atoms with Gasteiger partial charge in [-0.3, -0.25) is 4.98 Å². The van der Waals surface area contributed by atoms with Crippen LogP contribution in [0.4, 0.5) is 5.00 Å². The number of hydrogen-bond donors (Lipinski definition) is 2. The van der Waals surface area contributed by atoms with Crippen LogP contribution in [0.25, 0.3) is 11.3 Å². The lowest BCUT2D eigenvalue weighted by molar-refractivity contribution is 1.31. The Kier molecular flexibility index (Phi) is 2.12. The first-order chi connectivity index (χ1) is 6.27. The number of nitrogens with one attached hydrogen (secondary N) is 1. The third-order valence-corrected chi connectivity index (χ3v) is 2.71. The van der Waals surface area contributed by atoms with Crippen LogP contribution in [-0.4, -0.2) is 9.97 Å². The van der Waals surface area contributed by atoms with Crippen molar-refractivity contribution in [3.63, 3.8) is 0 Å². The highest BCUT2D eigenvalue weighted by Gasteiger charge is 2.04. The van der Waals surface area contributed by atoms with E-state index in [-0.39, 0.29) is 0 Å². The van der Waals surface area contributed by atoms with Gasteiger partial charge in [-0.1, -0.05) is 11.3 Å². The molecule has 2 aromatic rings. The Morgan fingerprint density at radius 1 is 1.38 bits per heavy atom. The Labute approximate surface area is 84.3 Å². The number of pyridine rings is 1. The molecule has 0 aliphatic heterocycles. The van der Waals surface area contributed by atoms with E-state index in [9.17, 15) is 0 Å². The molecular formula is C8H7N3S2. The summed E-state index contributed by atoms with van der Waals surface area (Å²) in [5.74, 6) is 0. The summed E-state index contributed by atoms with van der Waals surface area (Å²) in [5, 5.41) is 0.719. The van der Waals surface area contributed by atoms with Crippen LogP contribution in [0.3, 0.4) is 0 Å². The van der Waals surface area contributed by atoms with E-state index in [1.807, 2.05) is 12.1 Å². The van der Waals surface area contributed by atoms with E-state index in [4.69, 9.17) is 18.0 Å². The number of hydrogen-bond acceptors (Lipinski definition) is 4. The van der Waals surface area contributed by atoms with E-state index in [1.54, 1.807) is 12.4 Å². The average molecular weight is 209 g/mol. The summed E-state index contributed by atoms with van der Waals surface area (Å²) in [4.78, 5) is 6.97. The first-order valence-corrected chi connectivity index (χ1v) is 4.89. The second-order valence-electron chi connectivity index (χ2n) is 2.49. The third-order valence-electron chi connectivity index (χ3n) is 1.65. The minimum Gasteiger partial charge on any atom is -0.389 e. The Balaban J connectivity index is 2.59. The van der Waals surface area contributed by atoms with Crippen molar-refractivity contribution in [3.8, 4) is 11.3 Å². The van der Waals surface area contributed by atoms with E-state index in [1.165, 1.54) is 11.3 Å². The van der Waals surface area contributed by atoms with Crippen molar-refractivity contribution in [3.05, 3.63) is 28.5 Å². The Hall–Kier alpha value is -1.20. The van der Waals surface area contributed by atoms with Gasteiger partial charge in [-0.15, -0.1) is 0 Å². The summed E-state index contributed by atoms with van der Waals surface area (Å²) in [6.07, 6.45) is 3.45. The number of nitrogens with zero attached hydrogens (tertiary/aromatic N) is 1. The van der Waals surface area contributed by atoms with Crippen LogP contribution in [0.15, 0.2) is 24.5 Å². The molecule has 0 aliphatic rings. The van der Waals surface area contributed by atoms with Crippen molar-refractivity contribution >= 4 is 28.6 Å². The minimum atomic E-state index is 0.698. The first kappa shape index (κ1) is 8.40. The van der Waals surface area contributed by atoms with E-state index >= 15 is 0 Å². The highest BCUT2D eigenvalue weighted by molar-refractivity contribution is 7.73. The van der Waals surface area contributed by atoms with Gasteiger partial charge in [0.15, 0.2) is 3.95 Å². The smallest absolute Gasteiger partial charge is 0.160 e. The van der Waals surface area contributed by atoms with Gasteiger partial charge in [0.25, 0.3) is 0 Å². The number of aromatic amines is 1. The van der Waals surface area contributed by atoms with Crippen LogP contribution in [0.5, 0.6) is 0 Å². The zero-order valence-electron chi connectivity index (χ0n) is 6.65. The second-order valence-corrected chi connectivity index (χ2v) is 4.21. The molecule has 3 nitrogen and oxygen atoms in total. The molecule has 66 valence electrons. The van der Waals surface area contributed by atoms with Crippen LogP contribution >= 0.6 is 23.6 Å². The SMILES string of the molecule is Nc1sc(=S)[nH]c1-c1ccncc1. The number of aromatic nitrogens is 2. The molecule has 2 aromatic heterocycles. The van der Waals surface area contributed by atoms with E-state index < -0.39 is 0 Å². The Morgan fingerprint density at radius 2 is 2.08 bits per heavy atom. The van der Waals surface area contributed by atoms with Crippen LogP contribution in [0.1, 0.15) is 0 Å². The summed E-state index contributed by atoms with van der Waals surface area (Å²) in [7, 11) is 0. The summed E-state index contributed by atoms with van der Waals surface area (Å²) in [6.45, 7) is 0. The van der Waals surface area contributed by atoms with Gasteiger partial charge in [-0.05, 0) is 24.4 Å². The van der Waals surface area contributed by atoms with Gasteiger partial charge in [0.1, 0.15) is 5.00 Å². The van der Waals surface area contributed by atoms with E-state index in [2.05, 4.69) is 9.97 Å². The normalized spacial score (nSPS) is 10.2. The monoisotopic (exact) mass is 209 g/mol. The molecule has 0 saturated heterocycles. The molecule has 0 saturated carbocycles. The van der Waals surface area contributed by atoms with Crippen molar-refractivity contribution in [1.29, 1.82) is 0 Å². The van der Waals surface area contributed by atoms with E-state index in [0.29, 0.717) is 3.95 Å². The van der Waals surface area contributed by atoms with Crippen LogP contribution < -0.4 is 5.73 Å². The van der Waals surface area contributed by atoms with Gasteiger partial charge < -0.3 is 10.7 Å². The Morgan fingerprint density at radius 3 is 2.62 bits per heavy atom. The molecule has 0 aliphatic carbocycles. The molecule has 0 spiro atoms. The zero-order valence-corrected chi connectivity index (χ0v) is 8.28. The van der Waals surface area contributed by atoms with Gasteiger partial charge in [0, 0.05) is 18.0 Å². The molecule has 0 bridgehead atoms. The fourth-order valence-electron chi connectivity index (χ4n) is 1.07. The van der Waals surface area contributed by atoms with Gasteiger partial charge in [-0.2, -0.15) is 0 Å². The van der Waals surface area contributed by atoms with Crippen LogP contribution in [0.2, 0.25) is 0 Å². The quantitative estimate of drug-likeness (QED) is 0.709. The molecule has 5 heteroatoms. The number of nitrogen functional groups attached to an aromatic ring is 1. The molecule has 13 heavy (non-hydrogen) atoms. The predicted molar refractivity (Wildman–Crippen MR) is 57.1 cm³/mol. The van der Waals surface area contributed by atoms with Crippen molar-refractivity contribution in [2.75, 3.05) is 5.73 Å². The predicted octanol–water partition coefficient (Wildman–Crippen LogP) is 2.45. The number of anilines is 1. The molecule has 0 atom stereocenters. The van der Waals surface area contributed by atoms with Crippen molar-refractivity contribution in [1.82, 2.24) is 9.97 Å². The van der Waals surface area contributed by atoms with E-state index in [0.717, 1.165) is 16.3 Å². The van der Waals surface area contributed by atoms with Crippen LogP contribution in [0, 0.1) is 3.95 Å². The maximum absolute atomic E-state index is 5.77. The number of thiazole rings is 1. The van der Waals surface area contributed by atoms with Crippen molar-refractivity contribution < 1.29 is 0 Å². The average Bonchev–Trinajstić information content (AvgIpc) is 2.47. The van der Waals surface area contributed by atoms with Crippen LogP contribution in [-0.2, 0) is 0 Å². The van der Waals surface area contributed by atoms with Crippen molar-refractivity contribution in [2.45, 2.75) is 0 Å². The summed E-state index contributed by atoms with van der Waals surface area (Å²) in [6, 6.07) is 3.79. The number of nitrogens with two attached hydrogens (primary N) is 1. The van der Waals surface area contributed by atoms with Gasteiger partial charge in [-0.25, -0.2) is 0 Å². The van der Waals surface area contributed by atoms with Gasteiger partial charge in [0.2, 0.25) is 0 Å². The topological polar surface area (TPSA) is 54.7 Å². The first-order valence-electron chi connectivity index (χ1n) is 3.66. The summed E-state index contributed by atoms with van der Waals surface area (Å²) < 4.78 is 0.698. The summed E-state index contributed by atoms with van der Waals surface area (Å²) >= 11 is 6.37. The zero-order chi connectivity index (χ0) is 9.26. The largest absolute Gasteiger partial charge is 0.389 e. The molecule has 0 radical (unpaired) electrons. The lowest BCUT2D eigenvalue weighted by Crippen LogP contribution is -1.85. The fourth-order valence-corrected chi connectivity index (χ4v) is 2.07. The highest BCUT2D eigenvalue weighted by atomic mass is 32.1. The minimum absolute atomic E-state index is 0.698. The standard InChI is InChI=1S/C8H7N3S2/c9-7-6(11-8(12)13-7)5-1-3-10-4-2-5/h1-4H,9H2,(H,11,12). The molecule has 3 N–H and O–H groups in total. The molecule has 2 rings (SSSR count). The molecule has 2 heterocycles. The number of H-pyrrole nitrogens is 1. The van der Waals surface area contributed by atoms with Gasteiger partial charge >= 0.3 is 0 Å². The highest BCUT2D eigenvalue weighted by Crippen LogP contribution is 2.27. The lowest BCUT2D eigenvalue weighted by atomic mass is 10.2. The third kappa shape index (κ3) is 1.61. The van der Waals surface area contributed by atoms with Crippen molar-refractivity contribution in [2.24, 2.45) is 0 Å². The number of rotatable bonds is 1. The second kappa shape index (κ2) is 3.27. The maximum atomic E-state index is 5.77. The molecular weight excluding hydrogens is 202 g/mol. The fraction of sp³-hybridized carbons (Fsp3) is 0. The summed E-state index contributed by atoms with van der Waals surface area (Å²) in [5.41, 5.74) is 7.67.